The topological polar surface area (TPSA) is 136 Å². The van der Waals surface area contributed by atoms with Gasteiger partial charge in [0.1, 0.15) is 0 Å². The molecule has 1 atom stereocenters. The number of hydrogen-bond donors (Lipinski definition) is 5. The first-order valence-corrected chi connectivity index (χ1v) is 8.60. The van der Waals surface area contributed by atoms with Crippen LogP contribution < -0.4 is 27.8 Å². The van der Waals surface area contributed by atoms with Gasteiger partial charge in [-0.3, -0.25) is 9.59 Å². The van der Waals surface area contributed by atoms with E-state index in [1.54, 1.807) is 0 Å². The second-order valence-electron chi connectivity index (χ2n) is 5.64. The van der Waals surface area contributed by atoms with Gasteiger partial charge in [-0.1, -0.05) is 19.8 Å². The van der Waals surface area contributed by atoms with Crippen LogP contribution in [0.2, 0.25) is 0 Å². The zero-order valence-electron chi connectivity index (χ0n) is 14.9. The van der Waals surface area contributed by atoms with Crippen molar-refractivity contribution >= 4 is 11.8 Å². The van der Waals surface area contributed by atoms with Crippen LogP contribution in [0, 0.1) is 5.92 Å². The highest BCUT2D eigenvalue weighted by Crippen LogP contribution is 2.05. The summed E-state index contributed by atoms with van der Waals surface area (Å²) in [5.41, 5.74) is 15.7. The van der Waals surface area contributed by atoms with Crippen LogP contribution in [0.3, 0.4) is 0 Å². The molecule has 0 radical (unpaired) electrons. The third-order valence-corrected chi connectivity index (χ3v) is 3.38. The SMILES string of the molecule is CC(CCCCN)C(N)=O.CNCCNC(=O)CCCCCN.[2HH].[2HH]. The van der Waals surface area contributed by atoms with Gasteiger partial charge in [0.05, 0.1) is 0 Å². The van der Waals surface area contributed by atoms with Crippen LogP contribution in [-0.4, -0.2) is 45.0 Å². The van der Waals surface area contributed by atoms with Crippen molar-refractivity contribution in [3.05, 3.63) is 0 Å². The Morgan fingerprint density at radius 2 is 1.61 bits per heavy atom. The van der Waals surface area contributed by atoms with Gasteiger partial charge in [0, 0.05) is 28.3 Å². The molecule has 0 saturated carbocycles. The molecule has 8 N–H and O–H groups in total. The molecule has 0 heterocycles. The lowest BCUT2D eigenvalue weighted by Gasteiger charge is -2.04. The molecule has 0 aromatic rings. The molecule has 0 aliphatic rings. The third-order valence-electron chi connectivity index (χ3n) is 3.38. The molecule has 142 valence electrons. The summed E-state index contributed by atoms with van der Waals surface area (Å²) in [6, 6.07) is 0. The fraction of sp³-hybridized carbons (Fsp3) is 0.875. The fourth-order valence-electron chi connectivity index (χ4n) is 1.76. The van der Waals surface area contributed by atoms with Crippen molar-refractivity contribution < 1.29 is 12.4 Å². The molecular weight excluding hydrogens is 294 g/mol. The largest absolute Gasteiger partial charge is 0.369 e. The predicted octanol–water partition coefficient (Wildman–Crippen LogP) is 0.570. The molecular formula is C16H41N5O2. The average molecular weight is 338 g/mol. The first-order chi connectivity index (χ1) is 11.0. The standard InChI is InChI=1S/C9H21N3O.C7H16N2O.2H2/c1-11-7-8-12-9(13)5-3-2-4-6-10;1-6(7(9)10)4-2-3-5-8;;/h11H,2-8,10H2,1H3,(H,12,13);6H,2-5,8H2,1H3,(H2,9,10);2*1H/i;;2*1+1. The van der Waals surface area contributed by atoms with Crippen molar-refractivity contribution in [3.8, 4) is 0 Å². The number of primary amides is 1. The summed E-state index contributed by atoms with van der Waals surface area (Å²) in [4.78, 5) is 21.6. The number of nitrogens with one attached hydrogen (secondary N) is 2. The van der Waals surface area contributed by atoms with Gasteiger partial charge in [0.2, 0.25) is 11.8 Å². The molecule has 2 amide bonds. The Bertz CT molecular complexity index is 298. The highest BCUT2D eigenvalue weighted by molar-refractivity contribution is 5.76. The monoisotopic (exact) mass is 337 g/mol. The number of rotatable bonds is 13. The van der Waals surface area contributed by atoms with E-state index in [2.05, 4.69) is 10.6 Å². The summed E-state index contributed by atoms with van der Waals surface area (Å²) in [6.45, 7) is 4.81. The lowest BCUT2D eigenvalue weighted by atomic mass is 10.0. The molecule has 0 fully saturated rings. The molecule has 7 heteroatoms. The first-order valence-electron chi connectivity index (χ1n) is 8.60. The van der Waals surface area contributed by atoms with E-state index in [-0.39, 0.29) is 20.6 Å². The highest BCUT2D eigenvalue weighted by Gasteiger charge is 2.06. The van der Waals surface area contributed by atoms with Crippen LogP contribution >= 0.6 is 0 Å². The number of unbranched alkanes of at least 4 members (excludes halogenated alkanes) is 3. The molecule has 0 saturated heterocycles. The summed E-state index contributed by atoms with van der Waals surface area (Å²) < 4.78 is 0. The summed E-state index contributed by atoms with van der Waals surface area (Å²) in [7, 11) is 1.87. The van der Waals surface area contributed by atoms with E-state index in [9.17, 15) is 9.59 Å². The van der Waals surface area contributed by atoms with Gasteiger partial charge in [-0.15, -0.1) is 0 Å². The molecule has 0 bridgehead atoms. The van der Waals surface area contributed by atoms with Gasteiger partial charge < -0.3 is 27.8 Å². The number of carbonyl (C=O) groups is 2. The molecule has 0 aliphatic carbocycles. The summed E-state index contributed by atoms with van der Waals surface area (Å²) in [5, 5.41) is 5.80. The van der Waals surface area contributed by atoms with Crippen LogP contribution in [0.15, 0.2) is 0 Å². The van der Waals surface area contributed by atoms with Gasteiger partial charge in [-0.05, 0) is 45.8 Å². The molecule has 23 heavy (non-hydrogen) atoms. The number of hydrogen-bond acceptors (Lipinski definition) is 5. The van der Waals surface area contributed by atoms with Crippen LogP contribution in [0.5, 0.6) is 0 Å². The number of nitrogens with two attached hydrogens (primary N) is 3. The lowest BCUT2D eigenvalue weighted by molar-refractivity contribution is -0.122. The van der Waals surface area contributed by atoms with E-state index in [4.69, 9.17) is 17.2 Å². The van der Waals surface area contributed by atoms with Crippen LogP contribution in [0.25, 0.3) is 0 Å². The van der Waals surface area contributed by atoms with Crippen molar-refractivity contribution in [3.63, 3.8) is 0 Å². The van der Waals surface area contributed by atoms with Crippen LogP contribution in [-0.2, 0) is 9.59 Å². The zero-order chi connectivity index (χ0) is 17.9. The normalized spacial score (nSPS) is 11.3. The lowest BCUT2D eigenvalue weighted by Crippen LogP contribution is -2.30. The van der Waals surface area contributed by atoms with Gasteiger partial charge in [0.15, 0.2) is 0 Å². The number of likely N-dealkylation sites (N-methyl/N-ethyl adjacent to an activating group) is 1. The molecule has 1 unspecified atom stereocenters. The molecule has 0 aromatic carbocycles. The van der Waals surface area contributed by atoms with E-state index in [0.29, 0.717) is 19.5 Å². The van der Waals surface area contributed by atoms with E-state index in [0.717, 1.165) is 51.6 Å². The summed E-state index contributed by atoms with van der Waals surface area (Å²) in [6.07, 6.45) is 6.50. The highest BCUT2D eigenvalue weighted by atomic mass is 16.1. The maximum atomic E-state index is 11.1. The van der Waals surface area contributed by atoms with Gasteiger partial charge in [-0.25, -0.2) is 0 Å². The zero-order valence-corrected chi connectivity index (χ0v) is 14.9. The Balaban J connectivity index is -0.000000168. The van der Waals surface area contributed by atoms with Gasteiger partial charge >= 0.3 is 0 Å². The molecule has 0 aliphatic heterocycles. The van der Waals surface area contributed by atoms with Crippen molar-refractivity contribution in [1.82, 2.24) is 10.6 Å². The Morgan fingerprint density at radius 3 is 2.13 bits per heavy atom. The van der Waals surface area contributed by atoms with E-state index < -0.39 is 0 Å². The minimum Gasteiger partial charge on any atom is -0.369 e. The Labute approximate surface area is 144 Å². The van der Waals surface area contributed by atoms with Crippen LogP contribution in [0.1, 0.15) is 54.7 Å². The van der Waals surface area contributed by atoms with Gasteiger partial charge in [-0.2, -0.15) is 0 Å². The molecule has 0 spiro atoms. The molecule has 0 rings (SSSR count). The number of carbonyl (C=O) groups excluding carboxylic acids is 2. The Morgan fingerprint density at radius 1 is 1.00 bits per heavy atom. The van der Waals surface area contributed by atoms with Crippen molar-refractivity contribution in [2.24, 2.45) is 23.1 Å². The molecule has 7 nitrogen and oxygen atoms in total. The third kappa shape index (κ3) is 20.8. The average Bonchev–Trinajstić information content (AvgIpc) is 2.52. The van der Waals surface area contributed by atoms with Crippen molar-refractivity contribution in [2.45, 2.75) is 51.9 Å². The minimum atomic E-state index is -0.211. The smallest absolute Gasteiger partial charge is 0.220 e. The van der Waals surface area contributed by atoms with Gasteiger partial charge in [0.25, 0.3) is 0 Å². The Kier molecular flexibility index (Phi) is 19.8. The maximum absolute atomic E-state index is 11.1. The second-order valence-corrected chi connectivity index (χ2v) is 5.64. The predicted molar refractivity (Wildman–Crippen MR) is 100.0 cm³/mol. The van der Waals surface area contributed by atoms with E-state index in [1.165, 1.54) is 0 Å². The number of amides is 2. The quantitative estimate of drug-likeness (QED) is 0.313. The minimum absolute atomic E-state index is 0. The summed E-state index contributed by atoms with van der Waals surface area (Å²) >= 11 is 0. The van der Waals surface area contributed by atoms with Crippen molar-refractivity contribution in [1.29, 1.82) is 0 Å². The summed E-state index contributed by atoms with van der Waals surface area (Å²) in [5.74, 6) is -0.0594. The van der Waals surface area contributed by atoms with E-state index in [1.807, 2.05) is 14.0 Å². The van der Waals surface area contributed by atoms with Crippen LogP contribution in [0.4, 0.5) is 0 Å². The molecule has 0 aromatic heterocycles. The van der Waals surface area contributed by atoms with Crippen molar-refractivity contribution in [2.75, 3.05) is 33.2 Å². The fourth-order valence-corrected chi connectivity index (χ4v) is 1.76. The second kappa shape index (κ2) is 18.9. The van der Waals surface area contributed by atoms with E-state index >= 15 is 0 Å². The maximum Gasteiger partial charge on any atom is 0.220 e. The Hall–Kier alpha value is -1.18. The first kappa shape index (κ1) is 24.1.